The highest BCUT2D eigenvalue weighted by Gasteiger charge is 2.49. The fourth-order valence-corrected chi connectivity index (χ4v) is 3.41. The molecular formula is C22H25N3O4. The predicted molar refractivity (Wildman–Crippen MR) is 110 cm³/mol. The first kappa shape index (κ1) is 20.4. The van der Waals surface area contributed by atoms with Crippen LogP contribution in [-0.2, 0) is 21.5 Å². The maximum absolute atomic E-state index is 13.0. The summed E-state index contributed by atoms with van der Waals surface area (Å²) in [5, 5.41) is 5.40. The number of carbonyl (C=O) groups is 3. The molecule has 0 radical (unpaired) electrons. The fraction of sp³-hybridized carbons (Fsp3) is 0.318. The van der Waals surface area contributed by atoms with Crippen LogP contribution >= 0.6 is 0 Å². The first-order chi connectivity index (χ1) is 13.9. The van der Waals surface area contributed by atoms with Crippen molar-refractivity contribution in [3.63, 3.8) is 0 Å². The Labute approximate surface area is 170 Å². The zero-order valence-electron chi connectivity index (χ0n) is 16.8. The summed E-state index contributed by atoms with van der Waals surface area (Å²) in [4.78, 5) is 38.8. The van der Waals surface area contributed by atoms with Crippen LogP contribution in [0.3, 0.4) is 0 Å². The molecule has 2 N–H and O–H groups in total. The van der Waals surface area contributed by atoms with Gasteiger partial charge < -0.3 is 15.4 Å². The van der Waals surface area contributed by atoms with E-state index >= 15 is 0 Å². The Hall–Kier alpha value is -3.35. The molecule has 7 heteroatoms. The SMILES string of the molecule is CCCc1ccc([C@]2(C)NC(=O)N(CC(=O)Nc3ccccc3OC)C2=O)cc1. The highest BCUT2D eigenvalue weighted by molar-refractivity contribution is 6.10. The van der Waals surface area contributed by atoms with E-state index in [4.69, 9.17) is 4.74 Å². The Balaban J connectivity index is 1.73. The second-order valence-corrected chi connectivity index (χ2v) is 7.14. The van der Waals surface area contributed by atoms with Crippen LogP contribution in [0.1, 0.15) is 31.4 Å². The standard InChI is InChI=1S/C22H25N3O4/c1-4-7-15-10-12-16(13-11-15)22(2)20(27)25(21(28)24-22)14-19(26)23-17-8-5-6-9-18(17)29-3/h5-6,8-13H,4,7,14H2,1-3H3,(H,23,26)(H,24,28)/t22-/m0/s1. The van der Waals surface area contributed by atoms with Gasteiger partial charge in [0.15, 0.2) is 0 Å². The number of benzene rings is 2. The Kier molecular flexibility index (Phi) is 5.87. The Bertz CT molecular complexity index is 926. The Morgan fingerprint density at radius 3 is 2.48 bits per heavy atom. The number of para-hydroxylation sites is 2. The molecule has 1 aliphatic rings. The summed E-state index contributed by atoms with van der Waals surface area (Å²) < 4.78 is 5.20. The topological polar surface area (TPSA) is 87.7 Å². The molecule has 0 saturated carbocycles. The summed E-state index contributed by atoms with van der Waals surface area (Å²) in [6.45, 7) is 3.37. The van der Waals surface area contributed by atoms with Crippen LogP contribution in [0, 0.1) is 0 Å². The lowest BCUT2D eigenvalue weighted by atomic mass is 9.91. The predicted octanol–water partition coefficient (Wildman–Crippen LogP) is 3.05. The van der Waals surface area contributed by atoms with Gasteiger partial charge in [0.2, 0.25) is 5.91 Å². The molecule has 1 atom stereocenters. The van der Waals surface area contributed by atoms with E-state index in [-0.39, 0.29) is 6.54 Å². The van der Waals surface area contributed by atoms with E-state index in [9.17, 15) is 14.4 Å². The number of hydrogen-bond acceptors (Lipinski definition) is 4. The smallest absolute Gasteiger partial charge is 0.325 e. The van der Waals surface area contributed by atoms with Crippen LogP contribution in [0.25, 0.3) is 0 Å². The van der Waals surface area contributed by atoms with E-state index in [0.29, 0.717) is 17.0 Å². The lowest BCUT2D eigenvalue weighted by Gasteiger charge is -2.22. The van der Waals surface area contributed by atoms with Crippen molar-refractivity contribution in [1.29, 1.82) is 0 Å². The van der Waals surface area contributed by atoms with Crippen LogP contribution in [0.5, 0.6) is 5.75 Å². The van der Waals surface area contributed by atoms with Crippen molar-refractivity contribution in [1.82, 2.24) is 10.2 Å². The van der Waals surface area contributed by atoms with Crippen LogP contribution in [0.15, 0.2) is 48.5 Å². The van der Waals surface area contributed by atoms with Gasteiger partial charge in [-0.15, -0.1) is 0 Å². The quantitative estimate of drug-likeness (QED) is 0.706. The molecule has 2 aromatic carbocycles. The molecule has 1 aliphatic heterocycles. The molecule has 0 unspecified atom stereocenters. The number of amides is 4. The summed E-state index contributed by atoms with van der Waals surface area (Å²) >= 11 is 0. The number of urea groups is 1. The summed E-state index contributed by atoms with van der Waals surface area (Å²) in [7, 11) is 1.50. The van der Waals surface area contributed by atoms with E-state index in [1.165, 1.54) is 12.7 Å². The van der Waals surface area contributed by atoms with Gasteiger partial charge in [-0.05, 0) is 36.6 Å². The fourth-order valence-electron chi connectivity index (χ4n) is 3.41. The molecule has 2 aromatic rings. The minimum absolute atomic E-state index is 0.383. The average Bonchev–Trinajstić information content (AvgIpc) is 2.93. The number of imide groups is 1. The average molecular weight is 395 g/mol. The molecule has 0 spiro atoms. The van der Waals surface area contributed by atoms with Crippen molar-refractivity contribution in [3.05, 3.63) is 59.7 Å². The van der Waals surface area contributed by atoms with Gasteiger partial charge in [0.25, 0.3) is 5.91 Å². The van der Waals surface area contributed by atoms with Gasteiger partial charge in [-0.2, -0.15) is 0 Å². The second kappa shape index (κ2) is 8.34. The normalized spacial score (nSPS) is 18.5. The third-order valence-corrected chi connectivity index (χ3v) is 5.03. The number of aryl methyl sites for hydroxylation is 1. The van der Waals surface area contributed by atoms with Crippen molar-refractivity contribution in [2.45, 2.75) is 32.2 Å². The third-order valence-electron chi connectivity index (χ3n) is 5.03. The molecule has 7 nitrogen and oxygen atoms in total. The van der Waals surface area contributed by atoms with Crippen molar-refractivity contribution in [2.75, 3.05) is 19.0 Å². The van der Waals surface area contributed by atoms with Gasteiger partial charge in [0, 0.05) is 0 Å². The zero-order chi connectivity index (χ0) is 21.0. The zero-order valence-corrected chi connectivity index (χ0v) is 16.8. The number of rotatable bonds is 7. The summed E-state index contributed by atoms with van der Waals surface area (Å²) in [6.07, 6.45) is 1.98. The third kappa shape index (κ3) is 4.08. The number of methoxy groups -OCH3 is 1. The van der Waals surface area contributed by atoms with E-state index in [2.05, 4.69) is 17.6 Å². The molecule has 4 amide bonds. The lowest BCUT2D eigenvalue weighted by molar-refractivity contribution is -0.133. The molecule has 1 fully saturated rings. The number of nitrogens with zero attached hydrogens (tertiary/aromatic N) is 1. The summed E-state index contributed by atoms with van der Waals surface area (Å²) in [6, 6.07) is 14.0. The number of carbonyl (C=O) groups excluding carboxylic acids is 3. The maximum atomic E-state index is 13.0. The van der Waals surface area contributed by atoms with Crippen molar-refractivity contribution in [3.8, 4) is 5.75 Å². The minimum Gasteiger partial charge on any atom is -0.495 e. The van der Waals surface area contributed by atoms with Crippen LogP contribution in [-0.4, -0.2) is 36.4 Å². The highest BCUT2D eigenvalue weighted by atomic mass is 16.5. The molecule has 0 aromatic heterocycles. The highest BCUT2D eigenvalue weighted by Crippen LogP contribution is 2.29. The maximum Gasteiger partial charge on any atom is 0.325 e. The van der Waals surface area contributed by atoms with E-state index in [1.807, 2.05) is 24.3 Å². The van der Waals surface area contributed by atoms with Gasteiger partial charge in [0.1, 0.15) is 17.8 Å². The summed E-state index contributed by atoms with van der Waals surface area (Å²) in [5.74, 6) is -0.448. The molecule has 1 heterocycles. The largest absolute Gasteiger partial charge is 0.495 e. The second-order valence-electron chi connectivity index (χ2n) is 7.14. The molecule has 1 saturated heterocycles. The Morgan fingerprint density at radius 2 is 1.83 bits per heavy atom. The molecule has 29 heavy (non-hydrogen) atoms. The van der Waals surface area contributed by atoms with Crippen molar-refractivity contribution >= 4 is 23.5 Å². The monoisotopic (exact) mass is 395 g/mol. The van der Waals surface area contributed by atoms with E-state index in [1.54, 1.807) is 31.2 Å². The van der Waals surface area contributed by atoms with E-state index in [0.717, 1.165) is 17.7 Å². The number of nitrogens with one attached hydrogen (secondary N) is 2. The van der Waals surface area contributed by atoms with Crippen LogP contribution in [0.4, 0.5) is 10.5 Å². The number of hydrogen-bond donors (Lipinski definition) is 2. The molecule has 3 rings (SSSR count). The lowest BCUT2D eigenvalue weighted by Crippen LogP contribution is -2.42. The van der Waals surface area contributed by atoms with E-state index < -0.39 is 23.4 Å². The van der Waals surface area contributed by atoms with Crippen LogP contribution in [0.2, 0.25) is 0 Å². The van der Waals surface area contributed by atoms with Gasteiger partial charge in [-0.1, -0.05) is 49.7 Å². The first-order valence-electron chi connectivity index (χ1n) is 9.55. The van der Waals surface area contributed by atoms with Gasteiger partial charge in [-0.3, -0.25) is 14.5 Å². The van der Waals surface area contributed by atoms with Crippen LogP contribution < -0.4 is 15.4 Å². The summed E-state index contributed by atoms with van der Waals surface area (Å²) in [5.41, 5.74) is 1.13. The van der Waals surface area contributed by atoms with Gasteiger partial charge in [0.05, 0.1) is 12.8 Å². The molecular weight excluding hydrogens is 370 g/mol. The molecule has 0 aliphatic carbocycles. The first-order valence-corrected chi connectivity index (χ1v) is 9.55. The molecule has 0 bridgehead atoms. The number of ether oxygens (including phenoxy) is 1. The number of anilines is 1. The Morgan fingerprint density at radius 1 is 1.14 bits per heavy atom. The van der Waals surface area contributed by atoms with Crippen molar-refractivity contribution < 1.29 is 19.1 Å². The van der Waals surface area contributed by atoms with Crippen molar-refractivity contribution in [2.24, 2.45) is 0 Å². The molecule has 152 valence electrons. The van der Waals surface area contributed by atoms with Gasteiger partial charge >= 0.3 is 6.03 Å². The minimum atomic E-state index is -1.20. The van der Waals surface area contributed by atoms with Gasteiger partial charge in [-0.25, -0.2) is 4.79 Å².